The molecule has 1 aliphatic rings. The zero-order chi connectivity index (χ0) is 23.6. The number of nitrogens with one attached hydrogen (secondary N) is 3. The first-order chi connectivity index (χ1) is 15.9. The van der Waals surface area contributed by atoms with Crippen molar-refractivity contribution in [2.75, 3.05) is 18.4 Å². The van der Waals surface area contributed by atoms with Gasteiger partial charge in [0.1, 0.15) is 11.9 Å². The topological polar surface area (TPSA) is 70.2 Å². The Morgan fingerprint density at radius 1 is 0.909 bits per heavy atom. The summed E-state index contributed by atoms with van der Waals surface area (Å²) in [5, 5.41) is 8.72. The van der Waals surface area contributed by atoms with Crippen molar-refractivity contribution in [3.8, 4) is 0 Å². The van der Waals surface area contributed by atoms with Gasteiger partial charge in [-0.15, -0.1) is 0 Å². The van der Waals surface area contributed by atoms with Gasteiger partial charge in [-0.25, -0.2) is 13.2 Å². The van der Waals surface area contributed by atoms with Gasteiger partial charge in [-0.3, -0.25) is 9.59 Å². The van der Waals surface area contributed by atoms with Gasteiger partial charge in [0.2, 0.25) is 11.8 Å². The lowest BCUT2D eigenvalue weighted by molar-refractivity contribution is -0.129. The van der Waals surface area contributed by atoms with Crippen LogP contribution in [0.2, 0.25) is 0 Å². The molecule has 3 rings (SSSR count). The Kier molecular flexibility index (Phi) is 9.15. The first-order valence-electron chi connectivity index (χ1n) is 11.4. The molecule has 8 heteroatoms. The largest absolute Gasteiger partial charge is 0.383 e. The van der Waals surface area contributed by atoms with Gasteiger partial charge in [0.15, 0.2) is 11.6 Å². The summed E-state index contributed by atoms with van der Waals surface area (Å²) in [5.74, 6) is -2.64. The molecule has 1 saturated carbocycles. The Balaban J connectivity index is 1.53. The number of rotatable bonds is 10. The lowest BCUT2D eigenvalue weighted by Crippen LogP contribution is -2.49. The highest BCUT2D eigenvalue weighted by Crippen LogP contribution is 2.27. The molecule has 3 N–H and O–H groups in total. The van der Waals surface area contributed by atoms with E-state index in [9.17, 15) is 22.8 Å². The molecule has 2 amide bonds. The van der Waals surface area contributed by atoms with Crippen molar-refractivity contribution in [2.24, 2.45) is 5.92 Å². The molecule has 0 bridgehead atoms. The first kappa shape index (κ1) is 24.6. The molecule has 178 valence electrons. The van der Waals surface area contributed by atoms with Crippen molar-refractivity contribution in [3.63, 3.8) is 0 Å². The molecular formula is C25H30F3N3O2. The highest BCUT2D eigenvalue weighted by Gasteiger charge is 2.26. The van der Waals surface area contributed by atoms with Crippen molar-refractivity contribution in [1.29, 1.82) is 0 Å². The zero-order valence-electron chi connectivity index (χ0n) is 18.5. The molecule has 0 spiro atoms. The van der Waals surface area contributed by atoms with Crippen LogP contribution < -0.4 is 16.0 Å². The molecule has 0 aromatic heterocycles. The monoisotopic (exact) mass is 461 g/mol. The molecule has 0 radical (unpaired) electrons. The average Bonchev–Trinajstić information content (AvgIpc) is 2.80. The Hall–Kier alpha value is -3.03. The Morgan fingerprint density at radius 2 is 1.64 bits per heavy atom. The summed E-state index contributed by atoms with van der Waals surface area (Å²) in [7, 11) is 0. The number of carbonyl (C=O) groups excluding carboxylic acids is 2. The molecule has 5 nitrogen and oxygen atoms in total. The van der Waals surface area contributed by atoms with Gasteiger partial charge in [-0.1, -0.05) is 38.2 Å². The van der Waals surface area contributed by atoms with E-state index in [1.807, 2.05) is 0 Å². The van der Waals surface area contributed by atoms with Crippen molar-refractivity contribution in [2.45, 2.75) is 51.0 Å². The maximum atomic E-state index is 13.4. The van der Waals surface area contributed by atoms with Gasteiger partial charge in [-0.2, -0.15) is 0 Å². The predicted octanol–water partition coefficient (Wildman–Crippen LogP) is 4.33. The lowest BCUT2D eigenvalue weighted by atomic mass is 9.84. The van der Waals surface area contributed by atoms with Gasteiger partial charge in [0.05, 0.1) is 6.42 Å². The van der Waals surface area contributed by atoms with Gasteiger partial charge in [0, 0.05) is 18.8 Å². The first-order valence-corrected chi connectivity index (χ1v) is 11.4. The molecule has 1 atom stereocenters. The summed E-state index contributed by atoms with van der Waals surface area (Å²) in [6.07, 6.45) is 5.86. The van der Waals surface area contributed by atoms with E-state index in [4.69, 9.17) is 0 Å². The van der Waals surface area contributed by atoms with Gasteiger partial charge >= 0.3 is 0 Å². The second-order valence-electron chi connectivity index (χ2n) is 8.51. The maximum Gasteiger partial charge on any atom is 0.242 e. The summed E-state index contributed by atoms with van der Waals surface area (Å²) in [5.41, 5.74) is 1.08. The van der Waals surface area contributed by atoms with Crippen molar-refractivity contribution < 1.29 is 22.8 Å². The van der Waals surface area contributed by atoms with Crippen LogP contribution in [0.15, 0.2) is 42.5 Å². The minimum atomic E-state index is -1.01. The van der Waals surface area contributed by atoms with Crippen molar-refractivity contribution in [3.05, 3.63) is 65.5 Å². The molecule has 2 aromatic rings. The van der Waals surface area contributed by atoms with Crippen LogP contribution in [0, 0.1) is 23.4 Å². The van der Waals surface area contributed by atoms with E-state index in [1.54, 1.807) is 12.1 Å². The lowest BCUT2D eigenvalue weighted by Gasteiger charge is -2.26. The molecule has 0 unspecified atom stereocenters. The fourth-order valence-corrected chi connectivity index (χ4v) is 4.15. The smallest absolute Gasteiger partial charge is 0.242 e. The number of halogens is 3. The third kappa shape index (κ3) is 8.11. The highest BCUT2D eigenvalue weighted by atomic mass is 19.2. The second-order valence-corrected chi connectivity index (χ2v) is 8.51. The summed E-state index contributed by atoms with van der Waals surface area (Å²) in [6.45, 7) is 0.771. The number of hydrogen-bond acceptors (Lipinski definition) is 3. The van der Waals surface area contributed by atoms with E-state index in [-0.39, 0.29) is 18.1 Å². The van der Waals surface area contributed by atoms with E-state index < -0.39 is 23.6 Å². The number of amides is 2. The van der Waals surface area contributed by atoms with Crippen LogP contribution in [0.1, 0.15) is 44.1 Å². The standard InChI is InChI=1S/C25H30F3N3O2/c26-19-7-9-20(10-8-19)29-12-13-30-25(33)23(15-17-4-2-1-3-5-17)31-24(32)16-18-6-11-21(27)22(28)14-18/h6-11,14,17,23,29H,1-5,12-13,15-16H2,(H,30,33)(H,31,32)/t23-/m0/s1. The molecule has 0 saturated heterocycles. The van der Waals surface area contributed by atoms with E-state index in [0.29, 0.717) is 31.0 Å². The molecule has 33 heavy (non-hydrogen) atoms. The molecule has 1 aliphatic carbocycles. The number of hydrogen-bond donors (Lipinski definition) is 3. The van der Waals surface area contributed by atoms with Crippen LogP contribution in [0.4, 0.5) is 18.9 Å². The predicted molar refractivity (Wildman–Crippen MR) is 121 cm³/mol. The number of carbonyl (C=O) groups is 2. The van der Waals surface area contributed by atoms with Crippen LogP contribution in [0.3, 0.4) is 0 Å². The maximum absolute atomic E-state index is 13.4. The molecule has 1 fully saturated rings. The molecule has 0 aliphatic heterocycles. The quantitative estimate of drug-likeness (QED) is 0.462. The second kappa shape index (κ2) is 12.3. The number of benzene rings is 2. The summed E-state index contributed by atoms with van der Waals surface area (Å²) in [4.78, 5) is 25.4. The third-order valence-corrected chi connectivity index (χ3v) is 5.89. The third-order valence-electron chi connectivity index (χ3n) is 5.89. The van der Waals surface area contributed by atoms with E-state index in [2.05, 4.69) is 16.0 Å². The van der Waals surface area contributed by atoms with Crippen LogP contribution >= 0.6 is 0 Å². The Labute approximate surface area is 192 Å². The normalized spacial score (nSPS) is 15.0. The van der Waals surface area contributed by atoms with Crippen molar-refractivity contribution in [1.82, 2.24) is 10.6 Å². The Bertz CT molecular complexity index is 931. The Morgan fingerprint density at radius 3 is 2.33 bits per heavy atom. The SMILES string of the molecule is O=C(Cc1ccc(F)c(F)c1)N[C@@H](CC1CCCCC1)C(=O)NCCNc1ccc(F)cc1. The van der Waals surface area contributed by atoms with Gasteiger partial charge in [0.25, 0.3) is 0 Å². The van der Waals surface area contributed by atoms with Crippen molar-refractivity contribution >= 4 is 17.5 Å². The summed E-state index contributed by atoms with van der Waals surface area (Å²) >= 11 is 0. The average molecular weight is 462 g/mol. The zero-order valence-corrected chi connectivity index (χ0v) is 18.5. The number of anilines is 1. The highest BCUT2D eigenvalue weighted by molar-refractivity contribution is 5.88. The fourth-order valence-electron chi connectivity index (χ4n) is 4.15. The molecular weight excluding hydrogens is 431 g/mol. The van der Waals surface area contributed by atoms with Crippen LogP contribution in [-0.4, -0.2) is 30.9 Å². The van der Waals surface area contributed by atoms with E-state index >= 15 is 0 Å². The van der Waals surface area contributed by atoms with Crippen LogP contribution in [0.5, 0.6) is 0 Å². The summed E-state index contributed by atoms with van der Waals surface area (Å²) < 4.78 is 39.6. The van der Waals surface area contributed by atoms with E-state index in [0.717, 1.165) is 43.5 Å². The minimum absolute atomic E-state index is 0.141. The van der Waals surface area contributed by atoms with Gasteiger partial charge in [-0.05, 0) is 54.3 Å². The summed E-state index contributed by atoms with van der Waals surface area (Å²) in [6, 6.07) is 8.56. The molecule has 0 heterocycles. The minimum Gasteiger partial charge on any atom is -0.383 e. The van der Waals surface area contributed by atoms with E-state index in [1.165, 1.54) is 24.6 Å². The van der Waals surface area contributed by atoms with Crippen LogP contribution in [0.25, 0.3) is 0 Å². The molecule has 2 aromatic carbocycles. The van der Waals surface area contributed by atoms with Crippen LogP contribution in [-0.2, 0) is 16.0 Å². The van der Waals surface area contributed by atoms with Gasteiger partial charge < -0.3 is 16.0 Å². The fraction of sp³-hybridized carbons (Fsp3) is 0.440.